The van der Waals surface area contributed by atoms with E-state index < -0.39 is 12.0 Å². The van der Waals surface area contributed by atoms with Crippen LogP contribution in [0.1, 0.15) is 49.1 Å². The van der Waals surface area contributed by atoms with Crippen molar-refractivity contribution in [1.29, 1.82) is 0 Å². The normalized spacial score (nSPS) is 24.7. The molecule has 112 valence electrons. The fourth-order valence-electron chi connectivity index (χ4n) is 3.72. The number of hydrogen-bond donors (Lipinski definition) is 1. The lowest BCUT2D eigenvalue weighted by atomic mass is 9.81. The zero-order valence-corrected chi connectivity index (χ0v) is 12.1. The summed E-state index contributed by atoms with van der Waals surface area (Å²) in [5.41, 5.74) is 2.63. The third kappa shape index (κ3) is 2.80. The molecule has 1 aromatic rings. The maximum absolute atomic E-state index is 12.5. The van der Waals surface area contributed by atoms with Gasteiger partial charge in [-0.15, -0.1) is 0 Å². The van der Waals surface area contributed by atoms with Crippen LogP contribution >= 0.6 is 0 Å². The molecule has 1 unspecified atom stereocenters. The molecule has 0 saturated carbocycles. The first-order valence-corrected chi connectivity index (χ1v) is 7.77. The van der Waals surface area contributed by atoms with E-state index in [0.29, 0.717) is 19.4 Å². The van der Waals surface area contributed by atoms with Crippen molar-refractivity contribution in [2.24, 2.45) is 0 Å². The number of nitrogens with zero attached hydrogens (tertiary/aromatic N) is 1. The van der Waals surface area contributed by atoms with Crippen molar-refractivity contribution in [3.05, 3.63) is 35.4 Å². The molecule has 2 aliphatic rings. The Morgan fingerprint density at radius 1 is 1.19 bits per heavy atom. The Bertz CT molecular complexity index is 555. The minimum absolute atomic E-state index is 0.00148. The number of carboxylic acid groups (broad SMARTS) is 1. The summed E-state index contributed by atoms with van der Waals surface area (Å²) in [6.45, 7) is 0.587. The molecule has 1 aromatic carbocycles. The van der Waals surface area contributed by atoms with Crippen molar-refractivity contribution < 1.29 is 14.7 Å². The van der Waals surface area contributed by atoms with E-state index in [0.717, 1.165) is 25.7 Å². The molecular weight excluding hydrogens is 266 g/mol. The van der Waals surface area contributed by atoms with E-state index in [1.165, 1.54) is 11.1 Å². The number of amides is 1. The topological polar surface area (TPSA) is 57.6 Å². The summed E-state index contributed by atoms with van der Waals surface area (Å²) in [5, 5.41) is 9.20. The van der Waals surface area contributed by atoms with E-state index in [1.807, 2.05) is 12.1 Å². The first-order chi connectivity index (χ1) is 10.2. The minimum atomic E-state index is -0.870. The van der Waals surface area contributed by atoms with Crippen LogP contribution in [0.25, 0.3) is 0 Å². The second-order valence-corrected chi connectivity index (χ2v) is 6.08. The van der Waals surface area contributed by atoms with Crippen LogP contribution in [0.2, 0.25) is 0 Å². The molecule has 1 saturated heterocycles. The number of rotatable bonds is 3. The molecule has 1 amide bonds. The van der Waals surface area contributed by atoms with Gasteiger partial charge in [0.25, 0.3) is 0 Å². The summed E-state index contributed by atoms with van der Waals surface area (Å²) in [6.07, 6.45) is 5.04. The summed E-state index contributed by atoms with van der Waals surface area (Å²) in [5.74, 6) is -0.621. The fraction of sp³-hybridized carbons (Fsp3) is 0.529. The molecule has 0 aromatic heterocycles. The standard InChI is InChI=1S/C17H21NO3/c19-16(18-10-4-9-15(18)17(20)21)11-13-7-3-6-12-5-1-2-8-14(12)13/h1-2,5,8,13,15H,3-4,6-7,9-11H2,(H,20,21)/t13?,15-/m1/s1. The lowest BCUT2D eigenvalue weighted by Gasteiger charge is -2.28. The number of aliphatic carboxylic acids is 1. The molecule has 21 heavy (non-hydrogen) atoms. The zero-order chi connectivity index (χ0) is 14.8. The molecule has 2 atom stereocenters. The quantitative estimate of drug-likeness (QED) is 0.929. The Kier molecular flexibility index (Phi) is 3.95. The number of likely N-dealkylation sites (tertiary alicyclic amines) is 1. The monoisotopic (exact) mass is 287 g/mol. The zero-order valence-electron chi connectivity index (χ0n) is 12.1. The number of carboxylic acids is 1. The third-order valence-electron chi connectivity index (χ3n) is 4.77. The maximum atomic E-state index is 12.5. The van der Waals surface area contributed by atoms with Gasteiger partial charge in [-0.25, -0.2) is 4.79 Å². The molecule has 3 rings (SSSR count). The van der Waals surface area contributed by atoms with E-state index in [4.69, 9.17) is 0 Å². The van der Waals surface area contributed by atoms with E-state index in [1.54, 1.807) is 4.90 Å². The van der Waals surface area contributed by atoms with Crippen molar-refractivity contribution >= 4 is 11.9 Å². The van der Waals surface area contributed by atoms with Crippen molar-refractivity contribution in [2.45, 2.75) is 50.5 Å². The number of carbonyl (C=O) groups excluding carboxylic acids is 1. The second kappa shape index (κ2) is 5.88. The van der Waals surface area contributed by atoms with Gasteiger partial charge < -0.3 is 10.0 Å². The number of benzene rings is 1. The fourth-order valence-corrected chi connectivity index (χ4v) is 3.72. The van der Waals surface area contributed by atoms with Gasteiger partial charge in [0, 0.05) is 13.0 Å². The molecule has 0 bridgehead atoms. The average molecular weight is 287 g/mol. The summed E-state index contributed by atoms with van der Waals surface area (Å²) in [6, 6.07) is 7.71. The Hall–Kier alpha value is -1.84. The number of fused-ring (bicyclic) bond motifs is 1. The first-order valence-electron chi connectivity index (χ1n) is 7.77. The van der Waals surface area contributed by atoms with E-state index in [-0.39, 0.29) is 11.8 Å². The Labute approximate surface area is 124 Å². The molecular formula is C17H21NO3. The lowest BCUT2D eigenvalue weighted by molar-refractivity contribution is -0.148. The van der Waals surface area contributed by atoms with Crippen LogP contribution in [0.15, 0.2) is 24.3 Å². The summed E-state index contributed by atoms with van der Waals surface area (Å²) in [7, 11) is 0. The molecule has 1 aliphatic heterocycles. The van der Waals surface area contributed by atoms with Gasteiger partial charge in [-0.05, 0) is 49.1 Å². The Morgan fingerprint density at radius 2 is 2.00 bits per heavy atom. The highest BCUT2D eigenvalue weighted by Crippen LogP contribution is 2.34. The Balaban J connectivity index is 1.73. The van der Waals surface area contributed by atoms with Gasteiger partial charge in [0.1, 0.15) is 6.04 Å². The van der Waals surface area contributed by atoms with Crippen LogP contribution < -0.4 is 0 Å². The molecule has 0 spiro atoms. The largest absolute Gasteiger partial charge is 0.480 e. The van der Waals surface area contributed by atoms with E-state index in [2.05, 4.69) is 12.1 Å². The van der Waals surface area contributed by atoms with Crippen LogP contribution in [0, 0.1) is 0 Å². The van der Waals surface area contributed by atoms with Crippen molar-refractivity contribution in [3.63, 3.8) is 0 Å². The summed E-state index contributed by atoms with van der Waals surface area (Å²) in [4.78, 5) is 25.3. The highest BCUT2D eigenvalue weighted by molar-refractivity contribution is 5.84. The van der Waals surface area contributed by atoms with E-state index >= 15 is 0 Å². The smallest absolute Gasteiger partial charge is 0.326 e. The molecule has 1 N–H and O–H groups in total. The second-order valence-electron chi connectivity index (χ2n) is 6.08. The third-order valence-corrected chi connectivity index (χ3v) is 4.77. The van der Waals surface area contributed by atoms with Crippen molar-refractivity contribution in [2.75, 3.05) is 6.54 Å². The van der Waals surface area contributed by atoms with Crippen LogP contribution in [0.5, 0.6) is 0 Å². The van der Waals surface area contributed by atoms with Crippen LogP contribution in [-0.4, -0.2) is 34.5 Å². The van der Waals surface area contributed by atoms with Gasteiger partial charge >= 0.3 is 5.97 Å². The number of hydrogen-bond acceptors (Lipinski definition) is 2. The van der Waals surface area contributed by atoms with E-state index in [9.17, 15) is 14.7 Å². The van der Waals surface area contributed by atoms with Crippen LogP contribution in [0.3, 0.4) is 0 Å². The number of aryl methyl sites for hydroxylation is 1. The van der Waals surface area contributed by atoms with Gasteiger partial charge in [0.2, 0.25) is 5.91 Å². The van der Waals surface area contributed by atoms with Crippen LogP contribution in [-0.2, 0) is 16.0 Å². The molecule has 1 fully saturated rings. The predicted octanol–water partition coefficient (Wildman–Crippen LogP) is 2.57. The van der Waals surface area contributed by atoms with Gasteiger partial charge in [-0.2, -0.15) is 0 Å². The maximum Gasteiger partial charge on any atom is 0.326 e. The van der Waals surface area contributed by atoms with Crippen molar-refractivity contribution in [1.82, 2.24) is 4.90 Å². The highest BCUT2D eigenvalue weighted by Gasteiger charge is 2.35. The van der Waals surface area contributed by atoms with Gasteiger partial charge in [-0.1, -0.05) is 24.3 Å². The lowest BCUT2D eigenvalue weighted by Crippen LogP contribution is -2.41. The SMILES string of the molecule is O=C(O)[C@H]1CCCN1C(=O)CC1CCCc2ccccc21. The number of carbonyl (C=O) groups is 2. The van der Waals surface area contributed by atoms with Gasteiger partial charge in [0.15, 0.2) is 0 Å². The molecule has 4 heteroatoms. The summed E-state index contributed by atoms with van der Waals surface area (Å²) < 4.78 is 0. The highest BCUT2D eigenvalue weighted by atomic mass is 16.4. The molecule has 1 aliphatic carbocycles. The molecule has 1 heterocycles. The molecule has 0 radical (unpaired) electrons. The van der Waals surface area contributed by atoms with Gasteiger partial charge in [-0.3, -0.25) is 4.79 Å². The van der Waals surface area contributed by atoms with Gasteiger partial charge in [0.05, 0.1) is 0 Å². The average Bonchev–Trinajstić information content (AvgIpc) is 2.97. The predicted molar refractivity (Wildman–Crippen MR) is 79.1 cm³/mol. The first kappa shape index (κ1) is 14.1. The minimum Gasteiger partial charge on any atom is -0.480 e. The molecule has 4 nitrogen and oxygen atoms in total. The van der Waals surface area contributed by atoms with Crippen LogP contribution in [0.4, 0.5) is 0 Å². The summed E-state index contributed by atoms with van der Waals surface area (Å²) >= 11 is 0. The van der Waals surface area contributed by atoms with Crippen molar-refractivity contribution in [3.8, 4) is 0 Å². The Morgan fingerprint density at radius 3 is 2.81 bits per heavy atom.